The molecule has 2 amide bonds. The highest BCUT2D eigenvalue weighted by Gasteiger charge is 2.21. The summed E-state index contributed by atoms with van der Waals surface area (Å²) in [5.74, 6) is -0.0890. The highest BCUT2D eigenvalue weighted by molar-refractivity contribution is 7.07. The third kappa shape index (κ3) is 5.53. The number of nitrogens with one attached hydrogen (secondary N) is 2. The predicted octanol–water partition coefficient (Wildman–Crippen LogP) is 4.30. The van der Waals surface area contributed by atoms with E-state index in [9.17, 15) is 9.59 Å². The lowest BCUT2D eigenvalue weighted by atomic mass is 9.95. The number of benzene rings is 1. The molecule has 0 aliphatic carbocycles. The molecule has 122 valence electrons. The van der Waals surface area contributed by atoms with Gasteiger partial charge < -0.3 is 10.6 Å². The fourth-order valence-electron chi connectivity index (χ4n) is 1.91. The van der Waals surface area contributed by atoms with E-state index in [0.29, 0.717) is 17.8 Å². The van der Waals surface area contributed by atoms with Crippen LogP contribution in [0.4, 0.5) is 11.4 Å². The number of carbonyl (C=O) groups excluding carboxylic acids is 2. The molecule has 0 saturated carbocycles. The molecule has 2 N–H and O–H groups in total. The Balaban J connectivity index is 1.91. The first-order chi connectivity index (χ1) is 10.8. The first-order valence-electron chi connectivity index (χ1n) is 7.57. The molecule has 0 atom stereocenters. The number of aryl methyl sites for hydroxylation is 1. The topological polar surface area (TPSA) is 58.2 Å². The molecule has 23 heavy (non-hydrogen) atoms. The first kappa shape index (κ1) is 17.2. The molecule has 0 radical (unpaired) electrons. The minimum atomic E-state index is -0.459. The maximum absolute atomic E-state index is 12.0. The van der Waals surface area contributed by atoms with E-state index in [1.165, 1.54) is 5.56 Å². The molecule has 0 spiro atoms. The molecule has 1 aromatic carbocycles. The number of thiophene rings is 1. The van der Waals surface area contributed by atoms with E-state index >= 15 is 0 Å². The molecule has 0 fully saturated rings. The van der Waals surface area contributed by atoms with Crippen LogP contribution in [0.25, 0.3) is 0 Å². The summed E-state index contributed by atoms with van der Waals surface area (Å²) in [5.41, 5.74) is 2.09. The average molecular weight is 330 g/mol. The molecule has 0 aliphatic heterocycles. The average Bonchev–Trinajstić information content (AvgIpc) is 2.98. The van der Waals surface area contributed by atoms with Crippen molar-refractivity contribution < 1.29 is 9.59 Å². The van der Waals surface area contributed by atoms with Crippen LogP contribution in [0, 0.1) is 5.41 Å². The van der Waals surface area contributed by atoms with Gasteiger partial charge in [0.15, 0.2) is 0 Å². The zero-order chi connectivity index (χ0) is 16.9. The van der Waals surface area contributed by atoms with Crippen LogP contribution in [0.2, 0.25) is 0 Å². The molecule has 0 saturated heterocycles. The zero-order valence-corrected chi connectivity index (χ0v) is 14.5. The summed E-state index contributed by atoms with van der Waals surface area (Å²) in [6.07, 6.45) is 1.17. The van der Waals surface area contributed by atoms with Gasteiger partial charge >= 0.3 is 0 Å². The van der Waals surface area contributed by atoms with E-state index in [2.05, 4.69) is 16.0 Å². The largest absolute Gasteiger partial charge is 0.326 e. The van der Waals surface area contributed by atoms with Crippen molar-refractivity contribution in [3.63, 3.8) is 0 Å². The minimum Gasteiger partial charge on any atom is -0.326 e. The van der Waals surface area contributed by atoms with Crippen molar-refractivity contribution in [3.8, 4) is 0 Å². The summed E-state index contributed by atoms with van der Waals surface area (Å²) in [6.45, 7) is 5.58. The smallest absolute Gasteiger partial charge is 0.229 e. The van der Waals surface area contributed by atoms with Crippen LogP contribution in [-0.2, 0) is 16.0 Å². The Morgan fingerprint density at radius 3 is 2.39 bits per heavy atom. The first-order valence-corrected chi connectivity index (χ1v) is 8.51. The summed E-state index contributed by atoms with van der Waals surface area (Å²) in [6, 6.07) is 9.24. The van der Waals surface area contributed by atoms with Crippen molar-refractivity contribution in [1.82, 2.24) is 0 Å². The second-order valence-electron chi connectivity index (χ2n) is 6.46. The Labute approximate surface area is 140 Å². The van der Waals surface area contributed by atoms with Crippen LogP contribution >= 0.6 is 11.3 Å². The summed E-state index contributed by atoms with van der Waals surface area (Å²) in [5, 5.41) is 9.79. The predicted molar refractivity (Wildman–Crippen MR) is 95.8 cm³/mol. The van der Waals surface area contributed by atoms with E-state index in [1.807, 2.05) is 50.4 Å². The molecule has 0 bridgehead atoms. The molecular formula is C18H22N2O2S. The van der Waals surface area contributed by atoms with Gasteiger partial charge in [-0.05, 0) is 47.0 Å². The Morgan fingerprint density at radius 2 is 1.78 bits per heavy atom. The Hall–Kier alpha value is -2.14. The monoisotopic (exact) mass is 330 g/mol. The molecule has 1 aromatic heterocycles. The Bertz CT molecular complexity index is 673. The number of carbonyl (C=O) groups is 2. The summed E-state index contributed by atoms with van der Waals surface area (Å²) >= 11 is 1.63. The number of hydrogen-bond acceptors (Lipinski definition) is 3. The lowest BCUT2D eigenvalue weighted by molar-refractivity contribution is -0.123. The van der Waals surface area contributed by atoms with Crippen molar-refractivity contribution in [2.75, 3.05) is 10.6 Å². The molecule has 2 rings (SSSR count). The second kappa shape index (κ2) is 7.42. The molecule has 4 nitrogen and oxygen atoms in total. The highest BCUT2D eigenvalue weighted by atomic mass is 32.1. The lowest BCUT2D eigenvalue weighted by Gasteiger charge is -2.18. The Kier molecular flexibility index (Phi) is 5.55. The quantitative estimate of drug-likeness (QED) is 0.858. The van der Waals surface area contributed by atoms with E-state index in [0.717, 1.165) is 6.42 Å². The van der Waals surface area contributed by atoms with Gasteiger partial charge in [0.05, 0.1) is 0 Å². The van der Waals surface area contributed by atoms with Crippen molar-refractivity contribution in [2.45, 2.75) is 33.6 Å². The molecule has 0 unspecified atom stereocenters. The maximum atomic E-state index is 12.0. The van der Waals surface area contributed by atoms with E-state index < -0.39 is 5.41 Å². The fourth-order valence-corrected chi connectivity index (χ4v) is 2.61. The van der Waals surface area contributed by atoms with Crippen LogP contribution < -0.4 is 10.6 Å². The van der Waals surface area contributed by atoms with Crippen molar-refractivity contribution in [2.24, 2.45) is 5.41 Å². The van der Waals surface area contributed by atoms with Crippen molar-refractivity contribution >= 4 is 34.5 Å². The van der Waals surface area contributed by atoms with Gasteiger partial charge in [-0.3, -0.25) is 9.59 Å². The van der Waals surface area contributed by atoms with Crippen LogP contribution in [0.15, 0.2) is 41.1 Å². The van der Waals surface area contributed by atoms with Gasteiger partial charge in [0.2, 0.25) is 11.8 Å². The van der Waals surface area contributed by atoms with Gasteiger partial charge in [0.25, 0.3) is 0 Å². The third-order valence-corrected chi connectivity index (χ3v) is 4.04. The molecule has 0 aliphatic rings. The standard InChI is InChI=1S/C18H22N2O2S/c1-18(2,3)17(22)20-15-6-4-5-14(11-15)19-16(21)8-7-13-9-10-23-12-13/h4-6,9-12H,7-8H2,1-3H3,(H,19,21)(H,20,22). The van der Waals surface area contributed by atoms with Gasteiger partial charge in [-0.2, -0.15) is 11.3 Å². The SMILES string of the molecule is CC(C)(C)C(=O)Nc1cccc(NC(=O)CCc2ccsc2)c1. The lowest BCUT2D eigenvalue weighted by Crippen LogP contribution is -2.27. The molecule has 5 heteroatoms. The normalized spacial score (nSPS) is 11.1. The van der Waals surface area contributed by atoms with Crippen molar-refractivity contribution in [3.05, 3.63) is 46.7 Å². The summed E-state index contributed by atoms with van der Waals surface area (Å²) < 4.78 is 0. The van der Waals surface area contributed by atoms with E-state index in [4.69, 9.17) is 0 Å². The van der Waals surface area contributed by atoms with E-state index in [1.54, 1.807) is 17.4 Å². The van der Waals surface area contributed by atoms with E-state index in [-0.39, 0.29) is 11.8 Å². The van der Waals surface area contributed by atoms with Gasteiger partial charge in [0.1, 0.15) is 0 Å². The van der Waals surface area contributed by atoms with Crippen LogP contribution in [-0.4, -0.2) is 11.8 Å². The summed E-state index contributed by atoms with van der Waals surface area (Å²) in [4.78, 5) is 24.0. The number of amides is 2. The maximum Gasteiger partial charge on any atom is 0.229 e. The third-order valence-electron chi connectivity index (χ3n) is 3.31. The number of hydrogen-bond donors (Lipinski definition) is 2. The van der Waals surface area contributed by atoms with Gasteiger partial charge in [-0.25, -0.2) is 0 Å². The van der Waals surface area contributed by atoms with Crippen LogP contribution in [0.3, 0.4) is 0 Å². The highest BCUT2D eigenvalue weighted by Crippen LogP contribution is 2.20. The van der Waals surface area contributed by atoms with Gasteiger partial charge in [0, 0.05) is 23.2 Å². The minimum absolute atomic E-state index is 0.0319. The van der Waals surface area contributed by atoms with Gasteiger partial charge in [-0.15, -0.1) is 0 Å². The molecular weight excluding hydrogens is 308 g/mol. The van der Waals surface area contributed by atoms with Crippen LogP contribution in [0.1, 0.15) is 32.8 Å². The molecule has 2 aromatic rings. The second-order valence-corrected chi connectivity index (χ2v) is 7.24. The van der Waals surface area contributed by atoms with Crippen LogP contribution in [0.5, 0.6) is 0 Å². The molecule has 1 heterocycles. The summed E-state index contributed by atoms with van der Waals surface area (Å²) in [7, 11) is 0. The number of anilines is 2. The van der Waals surface area contributed by atoms with Gasteiger partial charge in [-0.1, -0.05) is 26.8 Å². The fraction of sp³-hybridized carbons (Fsp3) is 0.333. The zero-order valence-electron chi connectivity index (χ0n) is 13.7. The Morgan fingerprint density at radius 1 is 1.09 bits per heavy atom. The van der Waals surface area contributed by atoms with Crippen molar-refractivity contribution in [1.29, 1.82) is 0 Å². The number of rotatable bonds is 5.